The van der Waals surface area contributed by atoms with Crippen LogP contribution in [-0.2, 0) is 0 Å². The van der Waals surface area contributed by atoms with Gasteiger partial charge in [-0.05, 0) is 46.7 Å². The highest BCUT2D eigenvalue weighted by atomic mass is 32.1. The molecule has 0 atom stereocenters. The maximum atomic E-state index is 8.96. The molecule has 0 aliphatic carbocycles. The number of hydrogen-bond acceptors (Lipinski definition) is 4. The monoisotopic (exact) mass is 347 g/mol. The highest BCUT2D eigenvalue weighted by molar-refractivity contribution is 7.27. The molecule has 0 aliphatic rings. The lowest BCUT2D eigenvalue weighted by Gasteiger charge is -1.96. The average molecular weight is 347 g/mol. The van der Waals surface area contributed by atoms with Crippen molar-refractivity contribution in [3.05, 3.63) is 58.8 Å². The Labute approximate surface area is 144 Å². The van der Waals surface area contributed by atoms with Gasteiger partial charge in [0.25, 0.3) is 0 Å². The first-order valence-corrected chi connectivity index (χ1v) is 9.73. The summed E-state index contributed by atoms with van der Waals surface area (Å²) in [7, 11) is 0. The molecule has 0 fully saturated rings. The van der Waals surface area contributed by atoms with Crippen molar-refractivity contribution in [3.63, 3.8) is 0 Å². The van der Waals surface area contributed by atoms with Crippen LogP contribution in [0.4, 0.5) is 0 Å². The second-order valence-corrected chi connectivity index (χ2v) is 8.25. The van der Waals surface area contributed by atoms with E-state index in [1.807, 2.05) is 58.3 Å². The zero-order valence-corrected chi connectivity index (χ0v) is 14.3. The molecular formula is C19H9NS3. The Kier molecular flexibility index (Phi) is 2.83. The third-order valence-electron chi connectivity index (χ3n) is 4.09. The van der Waals surface area contributed by atoms with Gasteiger partial charge >= 0.3 is 0 Å². The summed E-state index contributed by atoms with van der Waals surface area (Å²) < 4.78 is 4.14. The van der Waals surface area contributed by atoms with E-state index in [-0.39, 0.29) is 0 Å². The van der Waals surface area contributed by atoms with Gasteiger partial charge in [0.1, 0.15) is 0 Å². The molecule has 0 aliphatic heterocycles. The van der Waals surface area contributed by atoms with Gasteiger partial charge in [-0.1, -0.05) is 12.1 Å². The molecule has 23 heavy (non-hydrogen) atoms. The van der Waals surface area contributed by atoms with Crippen LogP contribution in [-0.4, -0.2) is 0 Å². The lowest BCUT2D eigenvalue weighted by atomic mass is 10.1. The molecule has 108 valence electrons. The van der Waals surface area contributed by atoms with Crippen LogP contribution in [0.3, 0.4) is 0 Å². The molecule has 0 amide bonds. The van der Waals surface area contributed by atoms with E-state index < -0.39 is 0 Å². The van der Waals surface area contributed by atoms with Crippen molar-refractivity contribution in [3.8, 4) is 16.5 Å². The minimum absolute atomic E-state index is 0.704. The van der Waals surface area contributed by atoms with Crippen LogP contribution in [0.25, 0.3) is 40.7 Å². The molecule has 0 unspecified atom stereocenters. The second kappa shape index (κ2) is 4.90. The molecule has 1 nitrogen and oxygen atoms in total. The molecule has 0 radical (unpaired) electrons. The average Bonchev–Trinajstić information content (AvgIpc) is 3.30. The standard InChI is InChI=1S/C19H9NS3/c20-10-11-1-3-12(4-2-11)16-9-15-18-13(5-7-22-18)17-14(6-8-21-17)19(15)23-16/h1-9H. The Balaban J connectivity index is 1.86. The number of thiophene rings is 3. The largest absolute Gasteiger partial charge is 0.192 e. The molecule has 0 N–H and O–H groups in total. The van der Waals surface area contributed by atoms with E-state index in [9.17, 15) is 0 Å². The van der Waals surface area contributed by atoms with Crippen molar-refractivity contribution in [2.24, 2.45) is 0 Å². The highest BCUT2D eigenvalue weighted by Gasteiger charge is 2.14. The zero-order valence-electron chi connectivity index (χ0n) is 11.9. The van der Waals surface area contributed by atoms with E-state index in [4.69, 9.17) is 5.26 Å². The molecule has 3 heterocycles. The summed E-state index contributed by atoms with van der Waals surface area (Å²) in [5.74, 6) is 0. The van der Waals surface area contributed by atoms with Gasteiger partial charge < -0.3 is 0 Å². The van der Waals surface area contributed by atoms with Crippen LogP contribution in [0.1, 0.15) is 5.56 Å². The van der Waals surface area contributed by atoms with Crippen molar-refractivity contribution in [2.45, 2.75) is 0 Å². The van der Waals surface area contributed by atoms with Gasteiger partial charge in [-0.15, -0.1) is 34.0 Å². The fourth-order valence-electron chi connectivity index (χ4n) is 3.00. The van der Waals surface area contributed by atoms with Gasteiger partial charge in [0.2, 0.25) is 0 Å². The molecule has 5 aromatic rings. The van der Waals surface area contributed by atoms with Gasteiger partial charge in [0.15, 0.2) is 0 Å². The number of hydrogen-bond donors (Lipinski definition) is 0. The van der Waals surface area contributed by atoms with Gasteiger partial charge in [0, 0.05) is 35.1 Å². The molecule has 2 aromatic carbocycles. The first-order chi connectivity index (χ1) is 11.3. The van der Waals surface area contributed by atoms with E-state index in [0.29, 0.717) is 5.56 Å². The van der Waals surface area contributed by atoms with Crippen molar-refractivity contribution in [1.82, 2.24) is 0 Å². The Bertz CT molecular complexity index is 1150. The van der Waals surface area contributed by atoms with Crippen LogP contribution >= 0.6 is 34.0 Å². The van der Waals surface area contributed by atoms with Crippen molar-refractivity contribution >= 4 is 64.3 Å². The van der Waals surface area contributed by atoms with Gasteiger partial charge in [-0.2, -0.15) is 5.26 Å². The lowest BCUT2D eigenvalue weighted by molar-refractivity contribution is 1.49. The topological polar surface area (TPSA) is 23.8 Å². The highest BCUT2D eigenvalue weighted by Crippen LogP contribution is 2.45. The third kappa shape index (κ3) is 1.88. The second-order valence-electron chi connectivity index (χ2n) is 5.37. The molecule has 0 saturated carbocycles. The van der Waals surface area contributed by atoms with E-state index in [2.05, 4.69) is 35.0 Å². The number of fused-ring (bicyclic) bond motifs is 6. The molecule has 0 bridgehead atoms. The first-order valence-electron chi connectivity index (χ1n) is 7.15. The zero-order chi connectivity index (χ0) is 15.4. The maximum absolute atomic E-state index is 8.96. The quantitative estimate of drug-likeness (QED) is 0.324. The normalized spacial score (nSPS) is 11.4. The molecule has 5 rings (SSSR count). The molecule has 0 spiro atoms. The van der Waals surface area contributed by atoms with Crippen molar-refractivity contribution in [2.75, 3.05) is 0 Å². The van der Waals surface area contributed by atoms with E-state index in [1.165, 1.54) is 40.7 Å². The maximum Gasteiger partial charge on any atom is 0.0991 e. The van der Waals surface area contributed by atoms with Crippen LogP contribution in [0.2, 0.25) is 0 Å². The van der Waals surface area contributed by atoms with Crippen LogP contribution in [0, 0.1) is 11.3 Å². The molecule has 0 saturated heterocycles. The van der Waals surface area contributed by atoms with Gasteiger partial charge in [-0.25, -0.2) is 0 Å². The fraction of sp³-hybridized carbons (Fsp3) is 0. The summed E-state index contributed by atoms with van der Waals surface area (Å²) in [6.07, 6.45) is 0. The van der Waals surface area contributed by atoms with E-state index in [0.717, 1.165) is 0 Å². The van der Waals surface area contributed by atoms with Gasteiger partial charge in [0.05, 0.1) is 11.6 Å². The minimum atomic E-state index is 0.704. The Hall–Kier alpha value is -2.19. The van der Waals surface area contributed by atoms with Crippen LogP contribution in [0.5, 0.6) is 0 Å². The SMILES string of the molecule is N#Cc1ccc(-c2cc3c4sccc4c4sccc4c3s2)cc1. The van der Waals surface area contributed by atoms with E-state index >= 15 is 0 Å². The minimum Gasteiger partial charge on any atom is -0.192 e. The summed E-state index contributed by atoms with van der Waals surface area (Å²) in [6.45, 7) is 0. The third-order valence-corrected chi connectivity index (χ3v) is 7.21. The van der Waals surface area contributed by atoms with Crippen molar-refractivity contribution in [1.29, 1.82) is 5.26 Å². The summed E-state index contributed by atoms with van der Waals surface area (Å²) in [6, 6.07) is 16.8. The predicted octanol–water partition coefficient (Wildman–Crippen LogP) is 6.87. The van der Waals surface area contributed by atoms with E-state index in [1.54, 1.807) is 0 Å². The molecule has 3 aromatic heterocycles. The van der Waals surface area contributed by atoms with Crippen molar-refractivity contribution < 1.29 is 0 Å². The Morgan fingerprint density at radius 3 is 2.09 bits per heavy atom. The summed E-state index contributed by atoms with van der Waals surface area (Å²) in [5.41, 5.74) is 1.88. The Morgan fingerprint density at radius 2 is 1.39 bits per heavy atom. The summed E-state index contributed by atoms with van der Waals surface area (Å²) >= 11 is 5.49. The number of nitriles is 1. The van der Waals surface area contributed by atoms with Crippen LogP contribution < -0.4 is 0 Å². The smallest absolute Gasteiger partial charge is 0.0991 e. The number of rotatable bonds is 1. The van der Waals surface area contributed by atoms with Gasteiger partial charge in [-0.3, -0.25) is 0 Å². The number of benzene rings is 2. The fourth-order valence-corrected chi connectivity index (χ4v) is 6.26. The lowest BCUT2D eigenvalue weighted by Crippen LogP contribution is -1.74. The number of nitrogens with zero attached hydrogens (tertiary/aromatic N) is 1. The molecule has 4 heteroatoms. The predicted molar refractivity (Wildman–Crippen MR) is 103 cm³/mol. The first kappa shape index (κ1) is 13.3. The summed E-state index contributed by atoms with van der Waals surface area (Å²) in [4.78, 5) is 1.26. The van der Waals surface area contributed by atoms with Crippen LogP contribution in [0.15, 0.2) is 53.2 Å². The summed E-state index contributed by atoms with van der Waals surface area (Å²) in [5, 5.41) is 17.4. The Morgan fingerprint density at radius 1 is 0.739 bits per heavy atom. The molecular weight excluding hydrogens is 338 g/mol.